The molecular weight excluding hydrogens is 192 g/mol. The van der Waals surface area contributed by atoms with Crippen LogP contribution >= 0.6 is 0 Å². The summed E-state index contributed by atoms with van der Waals surface area (Å²) in [6.45, 7) is 0.506. The molecule has 0 atom stereocenters. The summed E-state index contributed by atoms with van der Waals surface area (Å²) in [5.41, 5.74) is 5.94. The van der Waals surface area contributed by atoms with Gasteiger partial charge in [-0.1, -0.05) is 0 Å². The van der Waals surface area contributed by atoms with Crippen LogP contribution in [-0.4, -0.2) is 27.8 Å². The number of aromatic nitrogens is 2. The van der Waals surface area contributed by atoms with Crippen molar-refractivity contribution in [2.24, 2.45) is 12.8 Å². The molecule has 0 aromatic carbocycles. The van der Waals surface area contributed by atoms with Crippen molar-refractivity contribution in [2.75, 3.05) is 6.54 Å². The van der Waals surface area contributed by atoms with Gasteiger partial charge in [0, 0.05) is 19.8 Å². The number of aryl methyl sites for hydroxylation is 1. The Labute approximate surface area is 88.6 Å². The van der Waals surface area contributed by atoms with Gasteiger partial charge in [0.05, 0.1) is 5.54 Å². The number of nitrogens with zero attached hydrogens (tertiary/aromatic N) is 2. The zero-order chi connectivity index (χ0) is 10.9. The standard InChI is InChI=1S/C10H16N4O/c1-14-6-3-8(13-14)9(15)12-10(7-11)4-2-5-10/h3,6H,2,4-5,7,11H2,1H3,(H,12,15). The molecule has 1 aromatic rings. The van der Waals surface area contributed by atoms with Crippen LogP contribution in [0.25, 0.3) is 0 Å². The molecule has 1 aliphatic rings. The molecule has 0 spiro atoms. The maximum atomic E-state index is 11.8. The van der Waals surface area contributed by atoms with Gasteiger partial charge >= 0.3 is 0 Å². The molecule has 5 nitrogen and oxygen atoms in total. The lowest BCUT2D eigenvalue weighted by Crippen LogP contribution is -2.58. The second-order valence-corrected chi connectivity index (χ2v) is 4.17. The van der Waals surface area contributed by atoms with Gasteiger partial charge in [0.2, 0.25) is 0 Å². The molecule has 3 N–H and O–H groups in total. The molecule has 1 saturated carbocycles. The van der Waals surface area contributed by atoms with Gasteiger partial charge in [-0.2, -0.15) is 5.10 Å². The summed E-state index contributed by atoms with van der Waals surface area (Å²) in [6, 6.07) is 1.71. The van der Waals surface area contributed by atoms with E-state index in [0.29, 0.717) is 12.2 Å². The van der Waals surface area contributed by atoms with Crippen molar-refractivity contribution in [2.45, 2.75) is 24.8 Å². The smallest absolute Gasteiger partial charge is 0.272 e. The van der Waals surface area contributed by atoms with E-state index in [4.69, 9.17) is 5.73 Å². The number of hydrogen-bond donors (Lipinski definition) is 2. The van der Waals surface area contributed by atoms with Crippen LogP contribution in [0.15, 0.2) is 12.3 Å². The van der Waals surface area contributed by atoms with Crippen molar-refractivity contribution in [1.29, 1.82) is 0 Å². The zero-order valence-electron chi connectivity index (χ0n) is 8.86. The molecule has 0 bridgehead atoms. The summed E-state index contributed by atoms with van der Waals surface area (Å²) in [5, 5.41) is 7.02. The van der Waals surface area contributed by atoms with E-state index >= 15 is 0 Å². The molecule has 82 valence electrons. The minimum Gasteiger partial charge on any atom is -0.344 e. The minimum absolute atomic E-state index is 0.124. The van der Waals surface area contributed by atoms with Crippen LogP contribution in [0.4, 0.5) is 0 Å². The lowest BCUT2D eigenvalue weighted by molar-refractivity contribution is 0.0831. The fraction of sp³-hybridized carbons (Fsp3) is 0.600. The summed E-state index contributed by atoms with van der Waals surface area (Å²) in [5.74, 6) is -0.124. The van der Waals surface area contributed by atoms with Crippen LogP contribution in [0.3, 0.4) is 0 Å². The van der Waals surface area contributed by atoms with Crippen LogP contribution in [0.2, 0.25) is 0 Å². The molecule has 1 heterocycles. The van der Waals surface area contributed by atoms with Crippen molar-refractivity contribution in [3.05, 3.63) is 18.0 Å². The Morgan fingerprint density at radius 3 is 2.87 bits per heavy atom. The average Bonchev–Trinajstić information content (AvgIpc) is 2.58. The van der Waals surface area contributed by atoms with Gasteiger partial charge in [0.25, 0.3) is 5.91 Å². The van der Waals surface area contributed by atoms with Gasteiger partial charge in [0.15, 0.2) is 0 Å². The number of carbonyl (C=O) groups excluding carboxylic acids is 1. The lowest BCUT2D eigenvalue weighted by atomic mass is 9.77. The molecule has 15 heavy (non-hydrogen) atoms. The van der Waals surface area contributed by atoms with Crippen molar-refractivity contribution >= 4 is 5.91 Å². The molecule has 0 saturated heterocycles. The molecule has 1 fully saturated rings. The first-order valence-corrected chi connectivity index (χ1v) is 5.17. The Balaban J connectivity index is 2.03. The summed E-state index contributed by atoms with van der Waals surface area (Å²) >= 11 is 0. The van der Waals surface area contributed by atoms with E-state index in [1.54, 1.807) is 24.0 Å². The molecule has 2 rings (SSSR count). The number of amides is 1. The van der Waals surface area contributed by atoms with E-state index in [1.807, 2.05) is 0 Å². The lowest BCUT2D eigenvalue weighted by Gasteiger charge is -2.41. The monoisotopic (exact) mass is 208 g/mol. The largest absolute Gasteiger partial charge is 0.344 e. The van der Waals surface area contributed by atoms with Crippen LogP contribution in [-0.2, 0) is 7.05 Å². The second kappa shape index (κ2) is 3.66. The second-order valence-electron chi connectivity index (χ2n) is 4.17. The molecule has 0 unspecified atom stereocenters. The third-order valence-electron chi connectivity index (χ3n) is 3.03. The maximum Gasteiger partial charge on any atom is 0.272 e. The Morgan fingerprint density at radius 1 is 1.73 bits per heavy atom. The third kappa shape index (κ3) is 1.87. The van der Waals surface area contributed by atoms with E-state index in [-0.39, 0.29) is 11.4 Å². The number of nitrogens with two attached hydrogens (primary N) is 1. The Morgan fingerprint density at radius 2 is 2.47 bits per heavy atom. The number of nitrogens with one attached hydrogen (secondary N) is 1. The van der Waals surface area contributed by atoms with E-state index in [1.165, 1.54) is 0 Å². The first kappa shape index (κ1) is 10.2. The van der Waals surface area contributed by atoms with Crippen LogP contribution in [0, 0.1) is 0 Å². The SMILES string of the molecule is Cn1ccc(C(=O)NC2(CN)CCC2)n1. The summed E-state index contributed by atoms with van der Waals surface area (Å²) in [6.07, 6.45) is 4.84. The highest BCUT2D eigenvalue weighted by atomic mass is 16.2. The van der Waals surface area contributed by atoms with Crippen LogP contribution in [0.1, 0.15) is 29.8 Å². The van der Waals surface area contributed by atoms with E-state index in [9.17, 15) is 4.79 Å². The topological polar surface area (TPSA) is 72.9 Å². The average molecular weight is 208 g/mol. The molecular formula is C10H16N4O. The normalized spacial score (nSPS) is 18.3. The highest BCUT2D eigenvalue weighted by molar-refractivity contribution is 5.92. The highest BCUT2D eigenvalue weighted by Crippen LogP contribution is 2.30. The number of hydrogen-bond acceptors (Lipinski definition) is 3. The fourth-order valence-corrected chi connectivity index (χ4v) is 1.82. The predicted octanol–water partition coefficient (Wildman–Crippen LogP) is 0.0313. The van der Waals surface area contributed by atoms with Gasteiger partial charge in [-0.25, -0.2) is 0 Å². The summed E-state index contributed by atoms with van der Waals surface area (Å²) in [7, 11) is 1.79. The zero-order valence-corrected chi connectivity index (χ0v) is 8.86. The summed E-state index contributed by atoms with van der Waals surface area (Å²) in [4.78, 5) is 11.8. The number of carbonyl (C=O) groups is 1. The molecule has 0 aliphatic heterocycles. The predicted molar refractivity (Wildman–Crippen MR) is 56.3 cm³/mol. The highest BCUT2D eigenvalue weighted by Gasteiger charge is 2.37. The molecule has 1 amide bonds. The van der Waals surface area contributed by atoms with Gasteiger partial charge in [-0.3, -0.25) is 9.48 Å². The first-order valence-electron chi connectivity index (χ1n) is 5.17. The van der Waals surface area contributed by atoms with Crippen molar-refractivity contribution in [1.82, 2.24) is 15.1 Å². The van der Waals surface area contributed by atoms with E-state index < -0.39 is 0 Å². The Kier molecular flexibility index (Phi) is 2.48. The quantitative estimate of drug-likeness (QED) is 0.736. The summed E-state index contributed by atoms with van der Waals surface area (Å²) < 4.78 is 1.62. The Bertz CT molecular complexity index is 362. The molecule has 1 aliphatic carbocycles. The van der Waals surface area contributed by atoms with Crippen molar-refractivity contribution < 1.29 is 4.79 Å². The van der Waals surface area contributed by atoms with Gasteiger partial charge in [-0.05, 0) is 25.3 Å². The van der Waals surface area contributed by atoms with Crippen molar-refractivity contribution in [3.63, 3.8) is 0 Å². The van der Waals surface area contributed by atoms with Gasteiger partial charge in [-0.15, -0.1) is 0 Å². The Hall–Kier alpha value is -1.36. The van der Waals surface area contributed by atoms with E-state index in [0.717, 1.165) is 19.3 Å². The fourth-order valence-electron chi connectivity index (χ4n) is 1.82. The first-order chi connectivity index (χ1) is 7.15. The van der Waals surface area contributed by atoms with Crippen molar-refractivity contribution in [3.8, 4) is 0 Å². The molecule has 5 heteroatoms. The third-order valence-corrected chi connectivity index (χ3v) is 3.03. The van der Waals surface area contributed by atoms with Crippen LogP contribution < -0.4 is 11.1 Å². The van der Waals surface area contributed by atoms with Gasteiger partial charge < -0.3 is 11.1 Å². The maximum absolute atomic E-state index is 11.8. The van der Waals surface area contributed by atoms with Gasteiger partial charge in [0.1, 0.15) is 5.69 Å². The van der Waals surface area contributed by atoms with E-state index in [2.05, 4.69) is 10.4 Å². The molecule has 1 aromatic heterocycles. The minimum atomic E-state index is -0.172. The molecule has 0 radical (unpaired) electrons. The number of rotatable bonds is 3. The van der Waals surface area contributed by atoms with Crippen LogP contribution in [0.5, 0.6) is 0 Å².